The van der Waals surface area contributed by atoms with Gasteiger partial charge in [0.15, 0.2) is 5.78 Å². The Morgan fingerprint density at radius 1 is 1.14 bits per heavy atom. The summed E-state index contributed by atoms with van der Waals surface area (Å²) >= 11 is 0. The van der Waals surface area contributed by atoms with Gasteiger partial charge in [0, 0.05) is 11.6 Å². The molecular formula is C24H22F2N6O3. The third-order valence-electron chi connectivity index (χ3n) is 5.11. The summed E-state index contributed by atoms with van der Waals surface area (Å²) in [6, 6.07) is 10.1. The number of rotatable bonds is 10. The Hall–Kier alpha value is -4.25. The van der Waals surface area contributed by atoms with Crippen molar-refractivity contribution in [2.45, 2.75) is 32.2 Å². The van der Waals surface area contributed by atoms with Gasteiger partial charge < -0.3 is 9.84 Å². The molecule has 0 amide bonds. The number of allylic oxidation sites excluding steroid dienone is 1. The van der Waals surface area contributed by atoms with Gasteiger partial charge in [0.1, 0.15) is 47.9 Å². The van der Waals surface area contributed by atoms with Crippen LogP contribution in [0.2, 0.25) is 0 Å². The van der Waals surface area contributed by atoms with Crippen molar-refractivity contribution in [1.29, 1.82) is 0 Å². The number of aromatic nitrogens is 6. The molecule has 1 unspecified atom stereocenters. The lowest BCUT2D eigenvalue weighted by Crippen LogP contribution is -2.37. The number of hydrogen-bond acceptors (Lipinski definition) is 7. The van der Waals surface area contributed by atoms with Gasteiger partial charge in [-0.05, 0) is 36.8 Å². The summed E-state index contributed by atoms with van der Waals surface area (Å²) in [7, 11) is 0. The highest BCUT2D eigenvalue weighted by Gasteiger charge is 2.34. The lowest BCUT2D eigenvalue weighted by Gasteiger charge is -2.28. The normalized spacial score (nSPS) is 13.1. The molecule has 0 aliphatic heterocycles. The molecule has 2 heterocycles. The van der Waals surface area contributed by atoms with E-state index in [1.165, 1.54) is 41.1 Å². The van der Waals surface area contributed by atoms with Crippen molar-refractivity contribution < 1.29 is 23.4 Å². The van der Waals surface area contributed by atoms with Gasteiger partial charge in [0.2, 0.25) is 0 Å². The summed E-state index contributed by atoms with van der Waals surface area (Å²) in [6.45, 7) is 1.26. The summed E-state index contributed by atoms with van der Waals surface area (Å²) in [5, 5.41) is 23.4. The van der Waals surface area contributed by atoms with Gasteiger partial charge in [-0.3, -0.25) is 4.79 Å². The Balaban J connectivity index is 1.46. The SMILES string of the molecule is CC(=O)C=Cc1ccc(OCc2cn(CC(O)(Cn3cncn3)c3ccc(F)cc3F)nn2)cc1. The fourth-order valence-corrected chi connectivity index (χ4v) is 3.47. The van der Waals surface area contributed by atoms with Crippen LogP contribution >= 0.6 is 0 Å². The third-order valence-corrected chi connectivity index (χ3v) is 5.11. The highest BCUT2D eigenvalue weighted by molar-refractivity contribution is 5.91. The van der Waals surface area contributed by atoms with Crippen LogP contribution in [0.15, 0.2) is 67.4 Å². The fraction of sp³-hybridized carbons (Fsp3) is 0.208. The molecule has 0 aliphatic carbocycles. The van der Waals surface area contributed by atoms with E-state index in [2.05, 4.69) is 20.4 Å². The zero-order valence-electron chi connectivity index (χ0n) is 18.8. The van der Waals surface area contributed by atoms with Crippen LogP contribution in [-0.2, 0) is 30.1 Å². The van der Waals surface area contributed by atoms with Crippen LogP contribution in [0.5, 0.6) is 5.75 Å². The molecule has 180 valence electrons. The average molecular weight is 480 g/mol. The lowest BCUT2D eigenvalue weighted by molar-refractivity contribution is -0.112. The predicted molar refractivity (Wildman–Crippen MR) is 121 cm³/mol. The smallest absolute Gasteiger partial charge is 0.152 e. The van der Waals surface area contributed by atoms with Crippen LogP contribution in [-0.4, -0.2) is 40.6 Å². The first-order valence-corrected chi connectivity index (χ1v) is 10.6. The molecule has 2 aromatic heterocycles. The Kier molecular flexibility index (Phi) is 7.06. The molecule has 1 atom stereocenters. The highest BCUT2D eigenvalue weighted by Crippen LogP contribution is 2.28. The summed E-state index contributed by atoms with van der Waals surface area (Å²) in [4.78, 5) is 14.9. The van der Waals surface area contributed by atoms with E-state index >= 15 is 0 Å². The van der Waals surface area contributed by atoms with E-state index in [0.29, 0.717) is 17.5 Å². The minimum absolute atomic E-state index is 0.0382. The molecule has 0 bridgehead atoms. The zero-order valence-corrected chi connectivity index (χ0v) is 18.8. The maximum atomic E-state index is 14.6. The molecule has 4 rings (SSSR count). The number of ketones is 1. The highest BCUT2D eigenvalue weighted by atomic mass is 19.1. The lowest BCUT2D eigenvalue weighted by atomic mass is 9.93. The molecule has 0 spiro atoms. The molecule has 0 saturated heterocycles. The first kappa shape index (κ1) is 23.9. The van der Waals surface area contributed by atoms with Gasteiger partial charge in [0.25, 0.3) is 0 Å². The number of hydrogen-bond donors (Lipinski definition) is 1. The van der Waals surface area contributed by atoms with E-state index in [1.807, 2.05) is 12.1 Å². The molecule has 2 aromatic carbocycles. The quantitative estimate of drug-likeness (QED) is 0.348. The second-order valence-electron chi connectivity index (χ2n) is 7.96. The van der Waals surface area contributed by atoms with E-state index in [1.54, 1.807) is 24.4 Å². The van der Waals surface area contributed by atoms with Gasteiger partial charge in [-0.2, -0.15) is 5.10 Å². The average Bonchev–Trinajstić information content (AvgIpc) is 3.48. The Morgan fingerprint density at radius 3 is 2.60 bits per heavy atom. The van der Waals surface area contributed by atoms with Crippen LogP contribution in [0, 0.1) is 11.6 Å². The second kappa shape index (κ2) is 10.3. The van der Waals surface area contributed by atoms with Crippen LogP contribution in [0.4, 0.5) is 8.78 Å². The first-order chi connectivity index (χ1) is 16.8. The predicted octanol–water partition coefficient (Wildman–Crippen LogP) is 2.92. The number of carbonyl (C=O) groups excluding carboxylic acids is 1. The van der Waals surface area contributed by atoms with Gasteiger partial charge in [-0.1, -0.05) is 29.5 Å². The molecule has 9 nitrogen and oxygen atoms in total. The van der Waals surface area contributed by atoms with Gasteiger partial charge in [-0.15, -0.1) is 5.10 Å². The summed E-state index contributed by atoms with van der Waals surface area (Å²) < 4.78 is 36.5. The Bertz CT molecular complexity index is 1320. The number of aliphatic hydroxyl groups is 1. The number of halogens is 2. The Labute approximate surface area is 199 Å². The summed E-state index contributed by atoms with van der Waals surface area (Å²) in [5.74, 6) is -1.09. The monoisotopic (exact) mass is 480 g/mol. The standard InChI is InChI=1S/C24H22F2N6O3/c1-17(33)2-3-18-4-7-21(8-5-18)35-12-20-11-31(30-29-20)13-24(34,14-32-16-27-15-28-32)22-9-6-19(25)10-23(22)26/h2-11,15-16,34H,12-14H2,1H3. The van der Waals surface area contributed by atoms with Crippen molar-refractivity contribution in [3.05, 3.63) is 95.8 Å². The van der Waals surface area contributed by atoms with E-state index in [0.717, 1.165) is 11.6 Å². The summed E-state index contributed by atoms with van der Waals surface area (Å²) in [6.07, 6.45) is 7.43. The van der Waals surface area contributed by atoms with Gasteiger partial charge in [0.05, 0.1) is 19.3 Å². The van der Waals surface area contributed by atoms with E-state index in [-0.39, 0.29) is 31.0 Å². The Morgan fingerprint density at radius 2 is 1.91 bits per heavy atom. The van der Waals surface area contributed by atoms with Crippen molar-refractivity contribution in [3.8, 4) is 5.75 Å². The number of benzene rings is 2. The van der Waals surface area contributed by atoms with Crippen LogP contribution < -0.4 is 4.74 Å². The van der Waals surface area contributed by atoms with Crippen molar-refractivity contribution in [2.75, 3.05) is 0 Å². The van der Waals surface area contributed by atoms with Crippen molar-refractivity contribution in [1.82, 2.24) is 29.8 Å². The molecular weight excluding hydrogens is 458 g/mol. The number of carbonyl (C=O) groups is 1. The minimum Gasteiger partial charge on any atom is -0.487 e. The number of ether oxygens (including phenoxy) is 1. The van der Waals surface area contributed by atoms with Crippen molar-refractivity contribution in [3.63, 3.8) is 0 Å². The fourth-order valence-electron chi connectivity index (χ4n) is 3.47. The van der Waals surface area contributed by atoms with Gasteiger partial charge in [-0.25, -0.2) is 23.1 Å². The maximum Gasteiger partial charge on any atom is 0.152 e. The molecule has 0 radical (unpaired) electrons. The maximum absolute atomic E-state index is 14.6. The third kappa shape index (κ3) is 6.21. The molecule has 35 heavy (non-hydrogen) atoms. The molecule has 0 aliphatic rings. The van der Waals surface area contributed by atoms with Crippen LogP contribution in [0.1, 0.15) is 23.7 Å². The largest absolute Gasteiger partial charge is 0.487 e. The van der Waals surface area contributed by atoms with Crippen LogP contribution in [0.3, 0.4) is 0 Å². The van der Waals surface area contributed by atoms with E-state index < -0.39 is 17.2 Å². The van der Waals surface area contributed by atoms with Gasteiger partial charge >= 0.3 is 0 Å². The minimum atomic E-state index is -1.82. The first-order valence-electron chi connectivity index (χ1n) is 10.6. The molecule has 11 heteroatoms. The molecule has 4 aromatic rings. The van der Waals surface area contributed by atoms with E-state index in [4.69, 9.17) is 4.74 Å². The topological polar surface area (TPSA) is 108 Å². The molecule has 0 saturated carbocycles. The second-order valence-corrected chi connectivity index (χ2v) is 7.96. The van der Waals surface area contributed by atoms with Crippen molar-refractivity contribution >= 4 is 11.9 Å². The molecule has 1 N–H and O–H groups in total. The zero-order chi connectivity index (χ0) is 24.8. The number of nitrogens with zero attached hydrogens (tertiary/aromatic N) is 6. The van der Waals surface area contributed by atoms with E-state index in [9.17, 15) is 18.7 Å². The van der Waals surface area contributed by atoms with Crippen molar-refractivity contribution in [2.24, 2.45) is 0 Å². The molecule has 0 fully saturated rings. The summed E-state index contributed by atoms with van der Waals surface area (Å²) in [5.41, 5.74) is -0.589. The van der Waals surface area contributed by atoms with Crippen LogP contribution in [0.25, 0.3) is 6.08 Å².